The second kappa shape index (κ2) is 11.0. The number of aldehydes is 1. The number of carbonyl (C=O) groups is 1. The number of benzene rings is 2. The molecule has 0 fully saturated rings. The Labute approximate surface area is 214 Å². The molecule has 2 aromatic heterocycles. The minimum absolute atomic E-state index is 0.157. The van der Waals surface area contributed by atoms with Gasteiger partial charge in [-0.25, -0.2) is 9.97 Å². The highest BCUT2D eigenvalue weighted by Crippen LogP contribution is 2.37. The molecule has 10 heteroatoms. The summed E-state index contributed by atoms with van der Waals surface area (Å²) < 4.78 is 48.3. The van der Waals surface area contributed by atoms with Gasteiger partial charge in [0.25, 0.3) is 0 Å². The molecule has 0 aliphatic rings. The van der Waals surface area contributed by atoms with Crippen molar-refractivity contribution in [2.24, 2.45) is 0 Å². The number of hydrogen-bond acceptors (Lipinski definition) is 5. The first kappa shape index (κ1) is 26.8. The van der Waals surface area contributed by atoms with Gasteiger partial charge in [0.2, 0.25) is 5.95 Å². The van der Waals surface area contributed by atoms with Crippen molar-refractivity contribution >= 4 is 30.7 Å². The number of fused-ring (bicyclic) bond motifs is 1. The van der Waals surface area contributed by atoms with Crippen molar-refractivity contribution in [3.63, 3.8) is 0 Å². The highest BCUT2D eigenvalue weighted by atomic mass is 31.1. The molecule has 4 aromatic rings. The van der Waals surface area contributed by atoms with E-state index in [1.807, 2.05) is 45.3 Å². The first-order chi connectivity index (χ1) is 17.7. The van der Waals surface area contributed by atoms with Crippen molar-refractivity contribution in [2.45, 2.75) is 26.0 Å². The van der Waals surface area contributed by atoms with Crippen LogP contribution in [0.25, 0.3) is 27.8 Å². The Hall–Kier alpha value is -3.29. The van der Waals surface area contributed by atoms with E-state index >= 15 is 4.39 Å². The van der Waals surface area contributed by atoms with E-state index < -0.39 is 20.5 Å². The van der Waals surface area contributed by atoms with Crippen LogP contribution in [0.4, 0.5) is 13.2 Å². The van der Waals surface area contributed by atoms with E-state index in [0.717, 1.165) is 0 Å². The average Bonchev–Trinajstić information content (AvgIpc) is 3.21. The quantitative estimate of drug-likeness (QED) is 0.151. The standard InChI is InChI=1S/C27H28F3N4O2P/c1-6-20(33(2)3)26-31-19-12-10-16(18-11-13-23(37(4)5)32-25(18)28)14-21(19)34(26)24-17(15-35)8-7-9-22(24)36-27(29)30/h7-15,20,27H,6H2,1-5H3. The largest absolute Gasteiger partial charge is 0.433 e. The third-order valence-electron chi connectivity index (χ3n) is 6.19. The van der Waals surface area contributed by atoms with Crippen LogP contribution >= 0.6 is 7.92 Å². The Bertz CT molecular complexity index is 1440. The molecule has 0 N–H and O–H groups in total. The number of rotatable bonds is 9. The number of halogens is 3. The number of imidazole rings is 1. The van der Waals surface area contributed by atoms with Gasteiger partial charge in [-0.2, -0.15) is 13.2 Å². The van der Waals surface area contributed by atoms with E-state index in [4.69, 9.17) is 9.72 Å². The van der Waals surface area contributed by atoms with Crippen molar-refractivity contribution in [1.29, 1.82) is 0 Å². The summed E-state index contributed by atoms with van der Waals surface area (Å²) in [5.74, 6) is -0.200. The first-order valence-corrected chi connectivity index (χ1v) is 14.0. The predicted molar refractivity (Wildman–Crippen MR) is 141 cm³/mol. The van der Waals surface area contributed by atoms with Gasteiger partial charge in [0.15, 0.2) is 12.0 Å². The molecule has 0 aliphatic carbocycles. The van der Waals surface area contributed by atoms with E-state index in [0.29, 0.717) is 46.1 Å². The number of pyridine rings is 1. The lowest BCUT2D eigenvalue weighted by atomic mass is 10.1. The van der Waals surface area contributed by atoms with Gasteiger partial charge in [0.05, 0.1) is 22.5 Å². The number of para-hydroxylation sites is 1. The second-order valence-electron chi connectivity index (χ2n) is 8.99. The summed E-state index contributed by atoms with van der Waals surface area (Å²) in [5, 5.41) is 0. The number of aromatic nitrogens is 3. The number of nitrogens with zero attached hydrogens (tertiary/aromatic N) is 4. The normalized spacial score (nSPS) is 12.6. The van der Waals surface area contributed by atoms with Crippen molar-refractivity contribution in [1.82, 2.24) is 19.4 Å². The van der Waals surface area contributed by atoms with Crippen LogP contribution in [-0.2, 0) is 0 Å². The van der Waals surface area contributed by atoms with Crippen LogP contribution in [0.3, 0.4) is 0 Å². The van der Waals surface area contributed by atoms with Gasteiger partial charge in [0.1, 0.15) is 11.5 Å². The van der Waals surface area contributed by atoms with E-state index in [2.05, 4.69) is 4.98 Å². The maximum Gasteiger partial charge on any atom is 0.387 e. The molecule has 37 heavy (non-hydrogen) atoms. The molecule has 194 valence electrons. The van der Waals surface area contributed by atoms with Crippen LogP contribution in [0.1, 0.15) is 35.6 Å². The van der Waals surface area contributed by atoms with E-state index in [-0.39, 0.29) is 23.0 Å². The third-order valence-corrected chi connectivity index (χ3v) is 7.35. The fourth-order valence-corrected chi connectivity index (χ4v) is 5.11. The molecule has 0 bridgehead atoms. The molecule has 0 saturated heterocycles. The molecule has 0 spiro atoms. The van der Waals surface area contributed by atoms with Gasteiger partial charge in [-0.3, -0.25) is 14.3 Å². The molecule has 0 saturated carbocycles. The Morgan fingerprint density at radius 3 is 2.46 bits per heavy atom. The maximum absolute atomic E-state index is 15.1. The Morgan fingerprint density at radius 2 is 1.86 bits per heavy atom. The Morgan fingerprint density at radius 1 is 1.11 bits per heavy atom. The summed E-state index contributed by atoms with van der Waals surface area (Å²) in [5.41, 5.74) is 2.97. The van der Waals surface area contributed by atoms with Gasteiger partial charge in [-0.05, 0) is 75.8 Å². The molecule has 6 nitrogen and oxygen atoms in total. The predicted octanol–water partition coefficient (Wildman–Crippen LogP) is 6.02. The number of carbonyl (C=O) groups excluding carboxylic acids is 1. The highest BCUT2D eigenvalue weighted by Gasteiger charge is 2.26. The zero-order valence-corrected chi connectivity index (χ0v) is 22.1. The smallest absolute Gasteiger partial charge is 0.387 e. The van der Waals surface area contributed by atoms with Gasteiger partial charge < -0.3 is 4.74 Å². The van der Waals surface area contributed by atoms with Crippen LogP contribution in [0, 0.1) is 5.95 Å². The van der Waals surface area contributed by atoms with Crippen molar-refractivity contribution in [3.8, 4) is 22.6 Å². The monoisotopic (exact) mass is 528 g/mol. The van der Waals surface area contributed by atoms with Crippen molar-refractivity contribution < 1.29 is 22.7 Å². The highest BCUT2D eigenvalue weighted by molar-refractivity contribution is 7.63. The minimum Gasteiger partial charge on any atom is -0.433 e. The molecule has 1 atom stereocenters. The number of alkyl halides is 2. The van der Waals surface area contributed by atoms with E-state index in [1.165, 1.54) is 18.2 Å². The lowest BCUT2D eigenvalue weighted by molar-refractivity contribution is -0.0498. The Balaban J connectivity index is 2.05. The summed E-state index contributed by atoms with van der Waals surface area (Å²) in [4.78, 5) is 23.0. The van der Waals surface area contributed by atoms with Crippen LogP contribution in [0.15, 0.2) is 48.5 Å². The van der Waals surface area contributed by atoms with Gasteiger partial charge in [0, 0.05) is 11.1 Å². The number of ether oxygens (including phenoxy) is 1. The van der Waals surface area contributed by atoms with Gasteiger partial charge >= 0.3 is 6.61 Å². The summed E-state index contributed by atoms with van der Waals surface area (Å²) in [6.07, 6.45) is 1.26. The summed E-state index contributed by atoms with van der Waals surface area (Å²) in [6, 6.07) is 13.0. The summed E-state index contributed by atoms with van der Waals surface area (Å²) in [7, 11) is 3.22. The number of hydrogen-bond donors (Lipinski definition) is 0. The third kappa shape index (κ3) is 5.24. The maximum atomic E-state index is 15.1. The molecule has 0 amide bonds. The fraction of sp³-hybridized carbons (Fsp3) is 0.296. The molecule has 0 aliphatic heterocycles. The van der Waals surface area contributed by atoms with Crippen molar-refractivity contribution in [2.75, 3.05) is 27.4 Å². The lowest BCUT2D eigenvalue weighted by Gasteiger charge is -2.25. The summed E-state index contributed by atoms with van der Waals surface area (Å²) in [6.45, 7) is 2.90. The molecule has 4 rings (SSSR count). The van der Waals surface area contributed by atoms with E-state index in [1.54, 1.807) is 28.8 Å². The molecular weight excluding hydrogens is 500 g/mol. The van der Waals surface area contributed by atoms with Crippen LogP contribution in [0.2, 0.25) is 0 Å². The first-order valence-electron chi connectivity index (χ1n) is 11.7. The van der Waals surface area contributed by atoms with Gasteiger partial charge in [-0.1, -0.05) is 27.0 Å². The molecule has 1 unspecified atom stereocenters. The molecular formula is C27H28F3N4O2P. The van der Waals surface area contributed by atoms with Crippen LogP contribution < -0.4 is 10.2 Å². The average molecular weight is 529 g/mol. The Kier molecular flexibility index (Phi) is 7.95. The SMILES string of the molecule is CCC(c1nc2ccc(-c3ccc(P(C)C)nc3F)cc2n1-c1c(C=O)cccc1OC(F)F)N(C)C. The zero-order chi connectivity index (χ0) is 26.9. The summed E-state index contributed by atoms with van der Waals surface area (Å²) >= 11 is 0. The van der Waals surface area contributed by atoms with Gasteiger partial charge in [-0.15, -0.1) is 0 Å². The second-order valence-corrected chi connectivity index (χ2v) is 11.2. The van der Waals surface area contributed by atoms with Crippen molar-refractivity contribution in [3.05, 3.63) is 65.9 Å². The molecule has 0 radical (unpaired) electrons. The topological polar surface area (TPSA) is 60.3 Å². The van der Waals surface area contributed by atoms with Crippen LogP contribution in [0.5, 0.6) is 5.75 Å². The molecule has 2 aromatic carbocycles. The van der Waals surface area contributed by atoms with Crippen LogP contribution in [-0.4, -0.2) is 59.8 Å². The lowest BCUT2D eigenvalue weighted by Crippen LogP contribution is -2.23. The minimum atomic E-state index is -3.09. The molecule has 2 heterocycles. The fourth-order valence-electron chi connectivity index (χ4n) is 4.45. The zero-order valence-electron chi connectivity index (χ0n) is 21.2. The van der Waals surface area contributed by atoms with E-state index in [9.17, 15) is 13.6 Å².